The van der Waals surface area contributed by atoms with Gasteiger partial charge in [-0.15, -0.1) is 24.0 Å². The topological polar surface area (TPSA) is 105 Å². The molecule has 0 bridgehead atoms. The van der Waals surface area contributed by atoms with Crippen molar-refractivity contribution in [3.63, 3.8) is 0 Å². The highest BCUT2D eigenvalue weighted by Crippen LogP contribution is 2.15. The molecule has 2 rings (SSSR count). The molecular weight excluding hydrogens is 473 g/mol. The third kappa shape index (κ3) is 9.74. The molecule has 2 heterocycles. The number of ether oxygens (including phenoxy) is 1. The number of halogens is 1. The maximum atomic E-state index is 11.3. The van der Waals surface area contributed by atoms with Crippen LogP contribution in [0.15, 0.2) is 27.8 Å². The Kier molecular flexibility index (Phi) is 12.9. The number of hydrogen-bond donors (Lipinski definition) is 3. The zero-order chi connectivity index (χ0) is 19.3. The van der Waals surface area contributed by atoms with Crippen LogP contribution in [-0.4, -0.2) is 63.1 Å². The molecule has 28 heavy (non-hydrogen) atoms. The number of guanidine groups is 1. The predicted molar refractivity (Wildman–Crippen MR) is 121 cm³/mol. The van der Waals surface area contributed by atoms with Crippen molar-refractivity contribution in [2.45, 2.75) is 32.3 Å². The maximum absolute atomic E-state index is 11.3. The molecule has 1 aliphatic heterocycles. The number of aliphatic imine (C=N–C) groups is 1. The Bertz CT molecular complexity index is 568. The SMILES string of the molecule is CN=C(NCCCOCc1ccco1)NCCCN1CCCC(C(N)=O)C1.I. The summed E-state index contributed by atoms with van der Waals surface area (Å²) in [5.41, 5.74) is 5.43. The standard InChI is InChI=1S/C19H33N5O3.HI/c1-21-19(23-9-5-12-26-15-17-7-3-13-27-17)22-8-4-11-24-10-2-6-16(14-24)18(20)25;/h3,7,13,16H,2,4-6,8-12,14-15H2,1H3,(H2,20,25)(H2,21,22,23);1H. The van der Waals surface area contributed by atoms with Gasteiger partial charge in [-0.25, -0.2) is 0 Å². The molecule has 0 aromatic carbocycles. The molecule has 9 heteroatoms. The van der Waals surface area contributed by atoms with Crippen molar-refractivity contribution in [3.05, 3.63) is 24.2 Å². The van der Waals surface area contributed by atoms with E-state index < -0.39 is 0 Å². The first-order valence-electron chi connectivity index (χ1n) is 9.75. The highest BCUT2D eigenvalue weighted by Gasteiger charge is 2.23. The molecule has 160 valence electrons. The van der Waals surface area contributed by atoms with Gasteiger partial charge in [0.25, 0.3) is 0 Å². The number of nitrogens with one attached hydrogen (secondary N) is 2. The highest BCUT2D eigenvalue weighted by atomic mass is 127. The molecule has 1 aromatic heterocycles. The Labute approximate surface area is 184 Å². The summed E-state index contributed by atoms with van der Waals surface area (Å²) < 4.78 is 10.8. The summed E-state index contributed by atoms with van der Waals surface area (Å²) >= 11 is 0. The second kappa shape index (κ2) is 14.6. The first kappa shape index (κ1) is 24.7. The predicted octanol–water partition coefficient (Wildman–Crippen LogP) is 1.56. The van der Waals surface area contributed by atoms with Crippen molar-refractivity contribution in [3.8, 4) is 0 Å². The third-order valence-corrected chi connectivity index (χ3v) is 4.66. The van der Waals surface area contributed by atoms with Crippen LogP contribution in [0.25, 0.3) is 0 Å². The van der Waals surface area contributed by atoms with Gasteiger partial charge >= 0.3 is 0 Å². The summed E-state index contributed by atoms with van der Waals surface area (Å²) in [6.45, 7) is 5.62. The lowest BCUT2D eigenvalue weighted by molar-refractivity contribution is -0.123. The molecule has 8 nitrogen and oxygen atoms in total. The van der Waals surface area contributed by atoms with Crippen LogP contribution in [0.4, 0.5) is 0 Å². The van der Waals surface area contributed by atoms with Crippen LogP contribution < -0.4 is 16.4 Å². The first-order chi connectivity index (χ1) is 13.2. The number of carbonyl (C=O) groups is 1. The first-order valence-corrected chi connectivity index (χ1v) is 9.75. The molecular formula is C19H34IN5O3. The van der Waals surface area contributed by atoms with Crippen LogP contribution in [0.1, 0.15) is 31.4 Å². The molecule has 1 amide bonds. The molecule has 1 saturated heterocycles. The molecule has 1 fully saturated rings. The van der Waals surface area contributed by atoms with Gasteiger partial charge in [0, 0.05) is 33.3 Å². The number of nitrogens with two attached hydrogens (primary N) is 1. The Morgan fingerprint density at radius 1 is 1.39 bits per heavy atom. The number of furan rings is 1. The van der Waals surface area contributed by atoms with Crippen LogP contribution >= 0.6 is 24.0 Å². The van der Waals surface area contributed by atoms with Gasteiger partial charge in [0.05, 0.1) is 12.2 Å². The van der Waals surface area contributed by atoms with E-state index in [9.17, 15) is 4.79 Å². The number of piperidine rings is 1. The number of likely N-dealkylation sites (tertiary alicyclic amines) is 1. The minimum atomic E-state index is -0.171. The average Bonchev–Trinajstić information content (AvgIpc) is 3.19. The van der Waals surface area contributed by atoms with Gasteiger partial charge in [-0.2, -0.15) is 0 Å². The van der Waals surface area contributed by atoms with E-state index in [2.05, 4.69) is 20.5 Å². The second-order valence-electron chi connectivity index (χ2n) is 6.81. The van der Waals surface area contributed by atoms with Crippen LogP contribution in [0, 0.1) is 5.92 Å². The van der Waals surface area contributed by atoms with E-state index in [-0.39, 0.29) is 35.8 Å². The number of amides is 1. The van der Waals surface area contributed by atoms with E-state index in [0.29, 0.717) is 13.2 Å². The molecule has 1 atom stereocenters. The minimum absolute atomic E-state index is 0. The zero-order valence-electron chi connectivity index (χ0n) is 16.7. The van der Waals surface area contributed by atoms with E-state index in [1.54, 1.807) is 13.3 Å². The summed E-state index contributed by atoms with van der Waals surface area (Å²) in [4.78, 5) is 17.9. The molecule has 1 aromatic rings. The van der Waals surface area contributed by atoms with Gasteiger partial charge in [-0.05, 0) is 50.9 Å². The fraction of sp³-hybridized carbons (Fsp3) is 0.684. The minimum Gasteiger partial charge on any atom is -0.467 e. The monoisotopic (exact) mass is 507 g/mol. The fourth-order valence-corrected chi connectivity index (χ4v) is 3.17. The largest absolute Gasteiger partial charge is 0.467 e. The van der Waals surface area contributed by atoms with Gasteiger partial charge in [-0.1, -0.05) is 0 Å². The van der Waals surface area contributed by atoms with Crippen molar-refractivity contribution in [1.82, 2.24) is 15.5 Å². The van der Waals surface area contributed by atoms with E-state index in [4.69, 9.17) is 14.9 Å². The average molecular weight is 507 g/mol. The number of primary amides is 1. The van der Waals surface area contributed by atoms with Gasteiger partial charge in [0.1, 0.15) is 12.4 Å². The van der Waals surface area contributed by atoms with Crippen molar-refractivity contribution >= 4 is 35.8 Å². The maximum Gasteiger partial charge on any atom is 0.221 e. The van der Waals surface area contributed by atoms with E-state index in [0.717, 1.165) is 70.1 Å². The lowest BCUT2D eigenvalue weighted by Gasteiger charge is -2.31. The fourth-order valence-electron chi connectivity index (χ4n) is 3.17. The Balaban J connectivity index is 0.00000392. The summed E-state index contributed by atoms with van der Waals surface area (Å²) in [5, 5.41) is 6.61. The van der Waals surface area contributed by atoms with Crippen LogP contribution in [0.3, 0.4) is 0 Å². The smallest absolute Gasteiger partial charge is 0.221 e. The normalized spacial score (nSPS) is 17.8. The molecule has 1 unspecified atom stereocenters. The summed E-state index contributed by atoms with van der Waals surface area (Å²) in [6.07, 6.45) is 5.51. The van der Waals surface area contributed by atoms with E-state index in [1.165, 1.54) is 0 Å². The molecule has 0 aliphatic carbocycles. The highest BCUT2D eigenvalue weighted by molar-refractivity contribution is 14.0. The second-order valence-corrected chi connectivity index (χ2v) is 6.81. The Hall–Kier alpha value is -1.33. The summed E-state index contributed by atoms with van der Waals surface area (Å²) in [7, 11) is 1.77. The quantitative estimate of drug-likeness (QED) is 0.182. The van der Waals surface area contributed by atoms with E-state index in [1.807, 2.05) is 12.1 Å². The van der Waals surface area contributed by atoms with Crippen LogP contribution in [0.2, 0.25) is 0 Å². The number of nitrogens with zero attached hydrogens (tertiary/aromatic N) is 2. The number of carbonyl (C=O) groups excluding carboxylic acids is 1. The van der Waals surface area contributed by atoms with Gasteiger partial charge in [-0.3, -0.25) is 9.79 Å². The molecule has 0 saturated carbocycles. The van der Waals surface area contributed by atoms with Gasteiger partial charge in [0.15, 0.2) is 5.96 Å². The third-order valence-electron chi connectivity index (χ3n) is 4.66. The van der Waals surface area contributed by atoms with Gasteiger partial charge in [0.2, 0.25) is 5.91 Å². The summed E-state index contributed by atoms with van der Waals surface area (Å²) in [6, 6.07) is 3.76. The molecule has 0 radical (unpaired) electrons. The summed E-state index contributed by atoms with van der Waals surface area (Å²) in [5.74, 6) is 1.48. The molecule has 4 N–H and O–H groups in total. The lowest BCUT2D eigenvalue weighted by Crippen LogP contribution is -2.43. The van der Waals surface area contributed by atoms with Crippen molar-refractivity contribution < 1.29 is 13.9 Å². The van der Waals surface area contributed by atoms with Crippen molar-refractivity contribution in [2.75, 3.05) is 46.4 Å². The van der Waals surface area contributed by atoms with Gasteiger partial charge < -0.3 is 30.4 Å². The molecule has 0 spiro atoms. The van der Waals surface area contributed by atoms with Crippen molar-refractivity contribution in [1.29, 1.82) is 0 Å². The number of rotatable bonds is 11. The number of hydrogen-bond acceptors (Lipinski definition) is 5. The zero-order valence-corrected chi connectivity index (χ0v) is 19.0. The molecule has 1 aliphatic rings. The Morgan fingerprint density at radius 3 is 2.86 bits per heavy atom. The van der Waals surface area contributed by atoms with Crippen LogP contribution in [-0.2, 0) is 16.1 Å². The van der Waals surface area contributed by atoms with Crippen LogP contribution in [0.5, 0.6) is 0 Å². The van der Waals surface area contributed by atoms with E-state index >= 15 is 0 Å². The Morgan fingerprint density at radius 2 is 2.18 bits per heavy atom. The van der Waals surface area contributed by atoms with Crippen molar-refractivity contribution in [2.24, 2.45) is 16.6 Å². The lowest BCUT2D eigenvalue weighted by atomic mass is 9.97.